The molecule has 2 rings (SSSR count). The number of hydrogen-bond acceptors (Lipinski definition) is 3. The fourth-order valence-corrected chi connectivity index (χ4v) is 2.77. The average molecular weight is 406 g/mol. The van der Waals surface area contributed by atoms with Gasteiger partial charge in [-0.2, -0.15) is 0 Å². The van der Waals surface area contributed by atoms with Gasteiger partial charge in [-0.3, -0.25) is 4.79 Å². The molecule has 2 aromatic rings. The molecular weight excluding hydrogens is 386 g/mol. The van der Waals surface area contributed by atoms with Gasteiger partial charge in [-0.05, 0) is 64.3 Å². The van der Waals surface area contributed by atoms with Gasteiger partial charge in [0.1, 0.15) is 5.75 Å². The van der Waals surface area contributed by atoms with Gasteiger partial charge in [-0.25, -0.2) is 4.79 Å². The highest BCUT2D eigenvalue weighted by Crippen LogP contribution is 2.26. The van der Waals surface area contributed by atoms with Crippen molar-refractivity contribution in [2.75, 3.05) is 24.8 Å². The second-order valence-corrected chi connectivity index (χ2v) is 6.15. The zero-order valence-corrected chi connectivity index (χ0v) is 15.6. The molecule has 3 amide bonds. The van der Waals surface area contributed by atoms with Gasteiger partial charge in [-0.1, -0.05) is 6.07 Å². The number of nitrogens with one attached hydrogen (secondary N) is 3. The number of amides is 3. The molecule has 7 heteroatoms. The molecule has 3 N–H and O–H groups in total. The standard InChI is InChI=1S/C18H20BrN3O3/c1-20-18(24)22-14-7-5-13(6-8-14)21-17(23)10-4-12-3-9-16(25-2)15(19)11-12/h3,5-9,11H,4,10H2,1-2H3,(H,21,23)(H2,20,22,24). The lowest BCUT2D eigenvalue weighted by Crippen LogP contribution is -2.24. The van der Waals surface area contributed by atoms with E-state index in [-0.39, 0.29) is 11.9 Å². The highest BCUT2D eigenvalue weighted by molar-refractivity contribution is 9.10. The van der Waals surface area contributed by atoms with Gasteiger partial charge in [0.05, 0.1) is 11.6 Å². The minimum absolute atomic E-state index is 0.0704. The highest BCUT2D eigenvalue weighted by Gasteiger charge is 2.06. The maximum absolute atomic E-state index is 12.1. The van der Waals surface area contributed by atoms with Crippen LogP contribution in [0.2, 0.25) is 0 Å². The summed E-state index contributed by atoms with van der Waals surface area (Å²) in [6.45, 7) is 0. The fraction of sp³-hybridized carbons (Fsp3) is 0.222. The van der Waals surface area contributed by atoms with E-state index in [1.807, 2.05) is 18.2 Å². The summed E-state index contributed by atoms with van der Waals surface area (Å²) in [4.78, 5) is 23.3. The van der Waals surface area contributed by atoms with Crippen molar-refractivity contribution >= 4 is 39.2 Å². The van der Waals surface area contributed by atoms with E-state index in [1.54, 1.807) is 38.4 Å². The fourth-order valence-electron chi connectivity index (χ4n) is 2.18. The lowest BCUT2D eigenvalue weighted by Gasteiger charge is -2.09. The van der Waals surface area contributed by atoms with Gasteiger partial charge in [0.15, 0.2) is 0 Å². The molecule has 0 atom stereocenters. The van der Waals surface area contributed by atoms with Crippen LogP contribution in [0, 0.1) is 0 Å². The smallest absolute Gasteiger partial charge is 0.318 e. The summed E-state index contributed by atoms with van der Waals surface area (Å²) in [5, 5.41) is 7.97. The predicted molar refractivity (Wildman–Crippen MR) is 102 cm³/mol. The Morgan fingerprint density at radius 2 is 1.68 bits per heavy atom. The second-order valence-electron chi connectivity index (χ2n) is 5.30. The third kappa shape index (κ3) is 5.79. The maximum atomic E-state index is 12.1. The number of urea groups is 1. The number of carbonyl (C=O) groups is 2. The van der Waals surface area contributed by atoms with E-state index >= 15 is 0 Å². The molecule has 0 unspecified atom stereocenters. The number of methoxy groups -OCH3 is 1. The van der Waals surface area contributed by atoms with Crippen LogP contribution < -0.4 is 20.7 Å². The van der Waals surface area contributed by atoms with Gasteiger partial charge in [-0.15, -0.1) is 0 Å². The first kappa shape index (κ1) is 18.8. The number of halogens is 1. The number of rotatable bonds is 6. The lowest BCUT2D eigenvalue weighted by atomic mass is 10.1. The Kier molecular flexibility index (Phi) is 6.82. The molecule has 0 radical (unpaired) electrons. The van der Waals surface area contributed by atoms with Crippen molar-refractivity contribution in [3.63, 3.8) is 0 Å². The largest absolute Gasteiger partial charge is 0.496 e. The quantitative estimate of drug-likeness (QED) is 0.683. The lowest BCUT2D eigenvalue weighted by molar-refractivity contribution is -0.116. The van der Waals surface area contributed by atoms with Crippen molar-refractivity contribution in [3.8, 4) is 5.75 Å². The van der Waals surface area contributed by atoms with Crippen LogP contribution >= 0.6 is 15.9 Å². The van der Waals surface area contributed by atoms with Crippen LogP contribution in [0.4, 0.5) is 16.2 Å². The van der Waals surface area contributed by atoms with Crippen LogP contribution in [-0.4, -0.2) is 26.1 Å². The molecule has 0 aliphatic carbocycles. The molecular formula is C18H20BrN3O3. The zero-order valence-electron chi connectivity index (χ0n) is 14.1. The SMILES string of the molecule is CNC(=O)Nc1ccc(NC(=O)CCc2ccc(OC)c(Br)c2)cc1. The topological polar surface area (TPSA) is 79.5 Å². The summed E-state index contributed by atoms with van der Waals surface area (Å²) < 4.78 is 6.06. The van der Waals surface area contributed by atoms with E-state index < -0.39 is 0 Å². The molecule has 0 saturated carbocycles. The molecule has 132 valence electrons. The molecule has 0 saturated heterocycles. The van der Waals surface area contributed by atoms with Crippen molar-refractivity contribution in [3.05, 3.63) is 52.5 Å². The monoisotopic (exact) mass is 405 g/mol. The van der Waals surface area contributed by atoms with Gasteiger partial charge in [0.2, 0.25) is 5.91 Å². The molecule has 0 bridgehead atoms. The number of anilines is 2. The van der Waals surface area contributed by atoms with E-state index in [9.17, 15) is 9.59 Å². The van der Waals surface area contributed by atoms with Gasteiger partial charge >= 0.3 is 6.03 Å². The average Bonchev–Trinajstić information content (AvgIpc) is 2.61. The molecule has 0 aliphatic heterocycles. The van der Waals surface area contributed by atoms with Gasteiger partial charge < -0.3 is 20.7 Å². The molecule has 0 spiro atoms. The van der Waals surface area contributed by atoms with Crippen LogP contribution in [0.3, 0.4) is 0 Å². The van der Waals surface area contributed by atoms with Crippen LogP contribution in [0.25, 0.3) is 0 Å². The molecule has 0 aromatic heterocycles. The van der Waals surface area contributed by atoms with E-state index in [2.05, 4.69) is 31.9 Å². The number of aryl methyl sites for hydroxylation is 1. The first-order valence-electron chi connectivity index (χ1n) is 7.73. The molecule has 6 nitrogen and oxygen atoms in total. The summed E-state index contributed by atoms with van der Waals surface area (Å²) in [6, 6.07) is 12.4. The Morgan fingerprint density at radius 1 is 1.04 bits per heavy atom. The summed E-state index contributed by atoms with van der Waals surface area (Å²) in [5.41, 5.74) is 2.39. The van der Waals surface area contributed by atoms with E-state index in [0.717, 1.165) is 15.8 Å². The number of hydrogen-bond donors (Lipinski definition) is 3. The highest BCUT2D eigenvalue weighted by atomic mass is 79.9. The van der Waals surface area contributed by atoms with Crippen LogP contribution in [0.1, 0.15) is 12.0 Å². The summed E-state index contributed by atoms with van der Waals surface area (Å²) in [5.74, 6) is 0.692. The van der Waals surface area contributed by atoms with Crippen molar-refractivity contribution in [1.82, 2.24) is 5.32 Å². The van der Waals surface area contributed by atoms with E-state index in [4.69, 9.17) is 4.74 Å². The summed E-state index contributed by atoms with van der Waals surface area (Å²) >= 11 is 3.44. The first-order chi connectivity index (χ1) is 12.0. The third-order valence-corrected chi connectivity index (χ3v) is 4.13. The summed E-state index contributed by atoms with van der Waals surface area (Å²) in [6.07, 6.45) is 1.00. The first-order valence-corrected chi connectivity index (χ1v) is 8.52. The van der Waals surface area contributed by atoms with Crippen LogP contribution in [-0.2, 0) is 11.2 Å². The van der Waals surface area contributed by atoms with Crippen molar-refractivity contribution in [1.29, 1.82) is 0 Å². The molecule has 0 heterocycles. The number of benzene rings is 2. The third-order valence-electron chi connectivity index (χ3n) is 3.51. The van der Waals surface area contributed by atoms with E-state index in [0.29, 0.717) is 24.2 Å². The zero-order chi connectivity index (χ0) is 18.2. The van der Waals surface area contributed by atoms with Crippen LogP contribution in [0.15, 0.2) is 46.9 Å². The minimum atomic E-state index is -0.289. The Balaban J connectivity index is 1.85. The van der Waals surface area contributed by atoms with Crippen molar-refractivity contribution in [2.45, 2.75) is 12.8 Å². The minimum Gasteiger partial charge on any atom is -0.496 e. The Bertz CT molecular complexity index is 748. The van der Waals surface area contributed by atoms with Gasteiger partial charge in [0, 0.05) is 24.8 Å². The van der Waals surface area contributed by atoms with Gasteiger partial charge in [0.25, 0.3) is 0 Å². The molecule has 0 fully saturated rings. The number of ether oxygens (including phenoxy) is 1. The molecule has 0 aliphatic rings. The Morgan fingerprint density at radius 3 is 2.24 bits per heavy atom. The molecule has 25 heavy (non-hydrogen) atoms. The second kappa shape index (κ2) is 9.08. The Hall–Kier alpha value is -2.54. The number of carbonyl (C=O) groups excluding carboxylic acids is 2. The Labute approximate surface area is 155 Å². The van der Waals surface area contributed by atoms with E-state index in [1.165, 1.54) is 0 Å². The maximum Gasteiger partial charge on any atom is 0.318 e. The predicted octanol–water partition coefficient (Wildman–Crippen LogP) is 3.78. The van der Waals surface area contributed by atoms with Crippen LogP contribution in [0.5, 0.6) is 5.75 Å². The molecule has 2 aromatic carbocycles. The van der Waals surface area contributed by atoms with Crippen molar-refractivity contribution < 1.29 is 14.3 Å². The van der Waals surface area contributed by atoms with Crippen molar-refractivity contribution in [2.24, 2.45) is 0 Å². The summed E-state index contributed by atoms with van der Waals surface area (Å²) in [7, 11) is 3.16. The normalized spacial score (nSPS) is 10.0.